The van der Waals surface area contributed by atoms with E-state index in [0.29, 0.717) is 22.9 Å². The Kier molecular flexibility index (Phi) is 7.66. The van der Waals surface area contributed by atoms with Crippen LogP contribution in [0.2, 0.25) is 0 Å². The summed E-state index contributed by atoms with van der Waals surface area (Å²) in [5, 5.41) is 6.80. The summed E-state index contributed by atoms with van der Waals surface area (Å²) in [6, 6.07) is 11.6. The molecule has 0 radical (unpaired) electrons. The number of rotatable bonds is 9. The molecule has 0 unspecified atom stereocenters. The van der Waals surface area contributed by atoms with Crippen molar-refractivity contribution in [1.29, 1.82) is 0 Å². The zero-order valence-electron chi connectivity index (χ0n) is 21.1. The summed E-state index contributed by atoms with van der Waals surface area (Å²) in [5.74, 6) is 2.72. The summed E-state index contributed by atoms with van der Waals surface area (Å²) in [6.07, 6.45) is 4.97. The van der Waals surface area contributed by atoms with Crippen molar-refractivity contribution in [1.82, 2.24) is 5.32 Å². The minimum Gasteiger partial charge on any atom is -0.493 e. The summed E-state index contributed by atoms with van der Waals surface area (Å²) in [7, 11) is 6.79. The Morgan fingerprint density at radius 2 is 1.89 bits per heavy atom. The van der Waals surface area contributed by atoms with E-state index in [0.717, 1.165) is 53.7 Å². The standard InChI is InChI=1S/C28H34N2O5/c1-17(8-10-19-7-6-14-35-19)30-23-13-11-20-21(16-24(23)31)22(29-2)12-9-18-15-25(32-3)27(33-4)28(34-5)26(18)20/h6-7,11,13-17,22,29H,8-10,12H2,1-5H3,(H,30,31)/t17-,22+/m0/s1. The highest BCUT2D eigenvalue weighted by Crippen LogP contribution is 2.50. The van der Waals surface area contributed by atoms with E-state index in [1.54, 1.807) is 33.7 Å². The van der Waals surface area contributed by atoms with E-state index in [4.69, 9.17) is 18.6 Å². The molecular weight excluding hydrogens is 444 g/mol. The van der Waals surface area contributed by atoms with Gasteiger partial charge in [0.1, 0.15) is 5.76 Å². The topological polar surface area (TPSA) is 82.0 Å². The van der Waals surface area contributed by atoms with Gasteiger partial charge in [-0.15, -0.1) is 0 Å². The number of ether oxygens (including phenoxy) is 3. The molecule has 0 saturated carbocycles. The van der Waals surface area contributed by atoms with E-state index in [-0.39, 0.29) is 17.5 Å². The van der Waals surface area contributed by atoms with Crippen LogP contribution in [0.25, 0.3) is 11.1 Å². The maximum atomic E-state index is 13.3. The van der Waals surface area contributed by atoms with Crippen LogP contribution >= 0.6 is 0 Å². The average molecular weight is 479 g/mol. The monoisotopic (exact) mass is 478 g/mol. The molecule has 1 aromatic heterocycles. The van der Waals surface area contributed by atoms with Gasteiger partial charge in [0.15, 0.2) is 11.5 Å². The van der Waals surface area contributed by atoms with Gasteiger partial charge in [0.2, 0.25) is 11.2 Å². The second-order valence-electron chi connectivity index (χ2n) is 8.85. The maximum absolute atomic E-state index is 13.3. The minimum absolute atomic E-state index is 0.0171. The molecule has 1 aliphatic rings. The molecule has 7 heteroatoms. The smallest absolute Gasteiger partial charge is 0.203 e. The lowest BCUT2D eigenvalue weighted by Gasteiger charge is -2.19. The Bertz CT molecular complexity index is 1220. The van der Waals surface area contributed by atoms with Crippen molar-refractivity contribution in [3.05, 3.63) is 69.8 Å². The molecule has 4 rings (SSSR count). The minimum atomic E-state index is -0.0424. The Balaban J connectivity index is 1.79. The third-order valence-corrected chi connectivity index (χ3v) is 6.69. The fourth-order valence-corrected chi connectivity index (χ4v) is 4.88. The van der Waals surface area contributed by atoms with Crippen LogP contribution in [0.15, 0.2) is 51.9 Å². The molecule has 2 aromatic carbocycles. The Labute approximate surface area is 206 Å². The molecule has 0 amide bonds. The Morgan fingerprint density at radius 3 is 2.54 bits per heavy atom. The van der Waals surface area contributed by atoms with E-state index >= 15 is 0 Å². The van der Waals surface area contributed by atoms with E-state index in [1.807, 2.05) is 37.4 Å². The van der Waals surface area contributed by atoms with Gasteiger partial charge in [-0.2, -0.15) is 0 Å². The summed E-state index contributed by atoms with van der Waals surface area (Å²) in [5.41, 5.74) is 4.45. The number of benzene rings is 1. The molecule has 0 aliphatic heterocycles. The SMILES string of the molecule is CN[C@@H]1CCc2cc(OC)c(OC)c(OC)c2-c2ccc(N[C@@H](C)CCc3ccco3)c(=O)cc21. The molecule has 0 bridgehead atoms. The number of nitrogens with one attached hydrogen (secondary N) is 2. The highest BCUT2D eigenvalue weighted by Gasteiger charge is 2.28. The molecule has 3 aromatic rings. The molecule has 1 aliphatic carbocycles. The van der Waals surface area contributed by atoms with E-state index in [9.17, 15) is 4.79 Å². The predicted octanol–water partition coefficient (Wildman–Crippen LogP) is 4.97. The number of methoxy groups -OCH3 is 3. The molecule has 0 fully saturated rings. The van der Waals surface area contributed by atoms with Crippen LogP contribution in [0.1, 0.15) is 42.7 Å². The van der Waals surface area contributed by atoms with Gasteiger partial charge >= 0.3 is 0 Å². The van der Waals surface area contributed by atoms with Gasteiger partial charge in [-0.05, 0) is 80.3 Å². The second-order valence-corrected chi connectivity index (χ2v) is 8.85. The third kappa shape index (κ3) is 5.00. The van der Waals surface area contributed by atoms with Gasteiger partial charge in [0.05, 0.1) is 33.3 Å². The maximum Gasteiger partial charge on any atom is 0.203 e. The summed E-state index contributed by atoms with van der Waals surface area (Å²) < 4.78 is 22.5. The van der Waals surface area contributed by atoms with Crippen LogP contribution in [0.4, 0.5) is 5.69 Å². The lowest BCUT2D eigenvalue weighted by atomic mass is 9.95. The van der Waals surface area contributed by atoms with Crippen LogP contribution in [0.3, 0.4) is 0 Å². The van der Waals surface area contributed by atoms with Crippen molar-refractivity contribution in [3.8, 4) is 28.4 Å². The van der Waals surface area contributed by atoms with Crippen molar-refractivity contribution >= 4 is 5.69 Å². The number of hydrogen-bond acceptors (Lipinski definition) is 7. The van der Waals surface area contributed by atoms with E-state index in [1.165, 1.54) is 0 Å². The Morgan fingerprint density at radius 1 is 1.09 bits per heavy atom. The fourth-order valence-electron chi connectivity index (χ4n) is 4.88. The molecule has 0 saturated heterocycles. The third-order valence-electron chi connectivity index (χ3n) is 6.69. The number of hydrogen-bond donors (Lipinski definition) is 2. The van der Waals surface area contributed by atoms with Crippen LogP contribution in [-0.2, 0) is 12.8 Å². The molecule has 1 heterocycles. The van der Waals surface area contributed by atoms with Gasteiger partial charge in [-0.3, -0.25) is 4.79 Å². The quantitative estimate of drug-likeness (QED) is 0.449. The average Bonchev–Trinajstić information content (AvgIpc) is 3.29. The highest BCUT2D eigenvalue weighted by molar-refractivity contribution is 5.83. The second kappa shape index (κ2) is 10.9. The lowest BCUT2D eigenvalue weighted by Crippen LogP contribution is -2.21. The predicted molar refractivity (Wildman–Crippen MR) is 138 cm³/mol. The van der Waals surface area contributed by atoms with E-state index in [2.05, 4.69) is 17.6 Å². The first-order chi connectivity index (χ1) is 17.0. The molecule has 186 valence electrons. The van der Waals surface area contributed by atoms with Crippen molar-refractivity contribution in [2.24, 2.45) is 0 Å². The van der Waals surface area contributed by atoms with Crippen LogP contribution in [0.5, 0.6) is 17.2 Å². The van der Waals surface area contributed by atoms with Gasteiger partial charge in [0, 0.05) is 24.1 Å². The van der Waals surface area contributed by atoms with Crippen LogP contribution in [-0.4, -0.2) is 34.4 Å². The van der Waals surface area contributed by atoms with Gasteiger partial charge in [-0.1, -0.05) is 6.07 Å². The van der Waals surface area contributed by atoms with Crippen molar-refractivity contribution in [2.45, 2.75) is 44.7 Å². The van der Waals surface area contributed by atoms with E-state index < -0.39 is 0 Å². The molecule has 7 nitrogen and oxygen atoms in total. The normalized spacial score (nSPS) is 15.4. The Hall–Kier alpha value is -3.45. The lowest BCUT2D eigenvalue weighted by molar-refractivity contribution is 0.324. The fraction of sp³-hybridized carbons (Fsp3) is 0.393. The molecule has 2 atom stereocenters. The van der Waals surface area contributed by atoms with Gasteiger partial charge < -0.3 is 29.3 Å². The zero-order chi connectivity index (χ0) is 24.9. The van der Waals surface area contributed by atoms with Crippen LogP contribution in [0, 0.1) is 0 Å². The number of fused-ring (bicyclic) bond motifs is 3. The highest BCUT2D eigenvalue weighted by atomic mass is 16.5. The first kappa shape index (κ1) is 24.7. The number of aryl methyl sites for hydroxylation is 2. The van der Waals surface area contributed by atoms with Gasteiger partial charge in [-0.25, -0.2) is 0 Å². The molecule has 35 heavy (non-hydrogen) atoms. The molecule has 2 N–H and O–H groups in total. The largest absolute Gasteiger partial charge is 0.493 e. The summed E-state index contributed by atoms with van der Waals surface area (Å²) in [6.45, 7) is 2.08. The van der Waals surface area contributed by atoms with Crippen molar-refractivity contribution in [2.75, 3.05) is 33.7 Å². The summed E-state index contributed by atoms with van der Waals surface area (Å²) >= 11 is 0. The molecule has 0 spiro atoms. The van der Waals surface area contributed by atoms with Crippen LogP contribution < -0.4 is 30.3 Å². The first-order valence-corrected chi connectivity index (χ1v) is 12.0. The molecular formula is C28H34N2O5. The van der Waals surface area contributed by atoms with Gasteiger partial charge in [0.25, 0.3) is 0 Å². The number of furan rings is 1. The van der Waals surface area contributed by atoms with Crippen molar-refractivity contribution < 1.29 is 18.6 Å². The number of anilines is 1. The zero-order valence-corrected chi connectivity index (χ0v) is 21.1. The van der Waals surface area contributed by atoms with Crippen molar-refractivity contribution in [3.63, 3.8) is 0 Å². The summed E-state index contributed by atoms with van der Waals surface area (Å²) in [4.78, 5) is 13.3. The first-order valence-electron chi connectivity index (χ1n) is 12.0.